The van der Waals surface area contributed by atoms with E-state index >= 15 is 0 Å². The lowest BCUT2D eigenvalue weighted by Crippen LogP contribution is -2.42. The van der Waals surface area contributed by atoms with Crippen molar-refractivity contribution in [3.8, 4) is 0 Å². The monoisotopic (exact) mass is 249 g/mol. The Kier molecular flexibility index (Phi) is 4.44. The first kappa shape index (κ1) is 13.6. The van der Waals surface area contributed by atoms with Gasteiger partial charge in [-0.1, -0.05) is 20.8 Å². The van der Waals surface area contributed by atoms with Crippen molar-refractivity contribution in [3.63, 3.8) is 0 Å². The number of rotatable bonds is 4. The first-order chi connectivity index (χ1) is 8.61. The Hall–Kier alpha value is -0.830. The van der Waals surface area contributed by atoms with Gasteiger partial charge in [0.05, 0.1) is 11.7 Å². The van der Waals surface area contributed by atoms with Crippen molar-refractivity contribution in [2.75, 3.05) is 6.54 Å². The van der Waals surface area contributed by atoms with E-state index in [1.54, 1.807) is 0 Å². The molecule has 0 spiro atoms. The lowest BCUT2D eigenvalue weighted by molar-refractivity contribution is 0.163. The maximum absolute atomic E-state index is 4.64. The van der Waals surface area contributed by atoms with Gasteiger partial charge < -0.3 is 5.32 Å². The lowest BCUT2D eigenvalue weighted by atomic mass is 9.77. The Morgan fingerprint density at radius 2 is 2.22 bits per heavy atom. The second-order valence-corrected chi connectivity index (χ2v) is 5.99. The van der Waals surface area contributed by atoms with Crippen LogP contribution in [0.2, 0.25) is 0 Å². The molecule has 18 heavy (non-hydrogen) atoms. The maximum Gasteiger partial charge on any atom is 0.0674 e. The van der Waals surface area contributed by atoms with Crippen molar-refractivity contribution in [3.05, 3.63) is 18.0 Å². The van der Waals surface area contributed by atoms with Crippen LogP contribution >= 0.6 is 0 Å². The smallest absolute Gasteiger partial charge is 0.0674 e. The first-order valence-corrected chi connectivity index (χ1v) is 7.37. The van der Waals surface area contributed by atoms with Crippen molar-refractivity contribution < 1.29 is 0 Å². The summed E-state index contributed by atoms with van der Waals surface area (Å²) in [5, 5.41) is 8.28. The topological polar surface area (TPSA) is 29.9 Å². The van der Waals surface area contributed by atoms with Crippen molar-refractivity contribution in [2.24, 2.45) is 11.8 Å². The molecule has 3 heteroatoms. The van der Waals surface area contributed by atoms with Gasteiger partial charge >= 0.3 is 0 Å². The molecule has 3 atom stereocenters. The van der Waals surface area contributed by atoms with E-state index in [-0.39, 0.29) is 0 Å². The Balaban J connectivity index is 2.14. The molecule has 1 heterocycles. The van der Waals surface area contributed by atoms with E-state index in [1.165, 1.54) is 19.3 Å². The van der Waals surface area contributed by atoms with Crippen molar-refractivity contribution >= 4 is 0 Å². The van der Waals surface area contributed by atoms with Crippen LogP contribution < -0.4 is 5.32 Å². The average Bonchev–Trinajstić information content (AvgIpc) is 2.76. The normalized spacial score (nSPS) is 28.8. The van der Waals surface area contributed by atoms with Crippen LogP contribution in [-0.2, 0) is 0 Å². The largest absolute Gasteiger partial charge is 0.312 e. The Labute approximate surface area is 111 Å². The van der Waals surface area contributed by atoms with Crippen molar-refractivity contribution in [1.82, 2.24) is 15.1 Å². The van der Waals surface area contributed by atoms with Gasteiger partial charge in [-0.15, -0.1) is 0 Å². The number of hydrogen-bond acceptors (Lipinski definition) is 2. The van der Waals surface area contributed by atoms with Crippen LogP contribution in [0.25, 0.3) is 0 Å². The molecule has 0 saturated heterocycles. The van der Waals surface area contributed by atoms with Gasteiger partial charge in [-0.2, -0.15) is 5.10 Å². The van der Waals surface area contributed by atoms with E-state index in [0.29, 0.717) is 12.1 Å². The van der Waals surface area contributed by atoms with Crippen LogP contribution in [-0.4, -0.2) is 22.4 Å². The Morgan fingerprint density at radius 3 is 2.78 bits per heavy atom. The fourth-order valence-corrected chi connectivity index (χ4v) is 3.19. The molecule has 102 valence electrons. The fraction of sp³-hybridized carbons (Fsp3) is 0.800. The number of aryl methyl sites for hydroxylation is 1. The minimum atomic E-state index is 0.528. The predicted molar refractivity (Wildman–Crippen MR) is 75.6 cm³/mol. The van der Waals surface area contributed by atoms with Gasteiger partial charge in [0.2, 0.25) is 0 Å². The summed E-state index contributed by atoms with van der Waals surface area (Å²) in [6.45, 7) is 10.0. The molecule has 1 aliphatic rings. The zero-order valence-electron chi connectivity index (χ0n) is 12.2. The predicted octanol–water partition coefficient (Wildman–Crippen LogP) is 3.17. The highest BCUT2D eigenvalue weighted by Crippen LogP contribution is 2.36. The molecule has 1 aromatic rings. The SMILES string of the molecule is CCNC1CCC(C(C)C)CC1n1ccc(C)n1. The molecule has 0 aromatic carbocycles. The number of hydrogen-bond donors (Lipinski definition) is 1. The van der Waals surface area contributed by atoms with E-state index in [4.69, 9.17) is 0 Å². The molecule has 3 unspecified atom stereocenters. The molecule has 0 aliphatic heterocycles. The van der Waals surface area contributed by atoms with Crippen LogP contribution in [0.4, 0.5) is 0 Å². The third-order valence-corrected chi connectivity index (χ3v) is 4.35. The molecule has 0 amide bonds. The van der Waals surface area contributed by atoms with E-state index < -0.39 is 0 Å². The van der Waals surface area contributed by atoms with Gasteiger partial charge in [-0.3, -0.25) is 4.68 Å². The van der Waals surface area contributed by atoms with Gasteiger partial charge in [0, 0.05) is 12.2 Å². The van der Waals surface area contributed by atoms with E-state index in [2.05, 4.69) is 55.1 Å². The number of nitrogens with zero attached hydrogens (tertiary/aromatic N) is 2. The molecule has 3 nitrogen and oxygen atoms in total. The number of nitrogens with one attached hydrogen (secondary N) is 1. The van der Waals surface area contributed by atoms with Gasteiger partial charge in [-0.25, -0.2) is 0 Å². The molecule has 2 rings (SSSR count). The van der Waals surface area contributed by atoms with Crippen LogP contribution in [0.5, 0.6) is 0 Å². The summed E-state index contributed by atoms with van der Waals surface area (Å²) < 4.78 is 2.19. The molecule has 1 saturated carbocycles. The van der Waals surface area contributed by atoms with Crippen LogP contribution in [0.1, 0.15) is 51.8 Å². The van der Waals surface area contributed by atoms with Crippen LogP contribution in [0.3, 0.4) is 0 Å². The fourth-order valence-electron chi connectivity index (χ4n) is 3.19. The lowest BCUT2D eigenvalue weighted by Gasteiger charge is -2.38. The van der Waals surface area contributed by atoms with Crippen molar-refractivity contribution in [1.29, 1.82) is 0 Å². The van der Waals surface area contributed by atoms with Crippen LogP contribution in [0.15, 0.2) is 12.3 Å². The second-order valence-electron chi connectivity index (χ2n) is 5.99. The third kappa shape index (κ3) is 2.94. The minimum absolute atomic E-state index is 0.528. The maximum atomic E-state index is 4.64. The Bertz CT molecular complexity index is 370. The molecule has 0 bridgehead atoms. The van der Waals surface area contributed by atoms with E-state index in [9.17, 15) is 0 Å². The number of likely N-dealkylation sites (N-methyl/N-ethyl adjacent to an activating group) is 1. The summed E-state index contributed by atoms with van der Waals surface area (Å²) in [5.41, 5.74) is 1.12. The molecular weight excluding hydrogens is 222 g/mol. The van der Waals surface area contributed by atoms with Gasteiger partial charge in [0.1, 0.15) is 0 Å². The molecular formula is C15H27N3. The zero-order chi connectivity index (χ0) is 13.1. The molecule has 1 N–H and O–H groups in total. The summed E-state index contributed by atoms with van der Waals surface area (Å²) in [6.07, 6.45) is 6.04. The van der Waals surface area contributed by atoms with Gasteiger partial charge in [0.15, 0.2) is 0 Å². The van der Waals surface area contributed by atoms with E-state index in [1.807, 2.05) is 0 Å². The molecule has 1 aliphatic carbocycles. The highest BCUT2D eigenvalue weighted by atomic mass is 15.3. The van der Waals surface area contributed by atoms with Gasteiger partial charge in [0.25, 0.3) is 0 Å². The summed E-state index contributed by atoms with van der Waals surface area (Å²) >= 11 is 0. The minimum Gasteiger partial charge on any atom is -0.312 e. The summed E-state index contributed by atoms with van der Waals surface area (Å²) in [7, 11) is 0. The first-order valence-electron chi connectivity index (χ1n) is 7.37. The van der Waals surface area contributed by atoms with Gasteiger partial charge in [-0.05, 0) is 50.6 Å². The number of aromatic nitrogens is 2. The molecule has 1 fully saturated rings. The summed E-state index contributed by atoms with van der Waals surface area (Å²) in [5.74, 6) is 1.63. The average molecular weight is 249 g/mol. The van der Waals surface area contributed by atoms with Crippen molar-refractivity contribution in [2.45, 2.75) is 59.0 Å². The highest BCUT2D eigenvalue weighted by molar-refractivity contribution is 4.99. The summed E-state index contributed by atoms with van der Waals surface area (Å²) in [4.78, 5) is 0. The summed E-state index contributed by atoms with van der Waals surface area (Å²) in [6, 6.07) is 3.23. The Morgan fingerprint density at radius 1 is 1.44 bits per heavy atom. The molecule has 0 radical (unpaired) electrons. The standard InChI is InChI=1S/C15H27N3/c1-5-16-14-7-6-13(11(2)3)10-15(14)18-9-8-12(4)17-18/h8-9,11,13-16H,5-7,10H2,1-4H3. The zero-order valence-corrected chi connectivity index (χ0v) is 12.2. The molecule has 1 aromatic heterocycles. The van der Waals surface area contributed by atoms with E-state index in [0.717, 1.165) is 24.1 Å². The highest BCUT2D eigenvalue weighted by Gasteiger charge is 2.32. The third-order valence-electron chi connectivity index (χ3n) is 4.35. The van der Waals surface area contributed by atoms with Crippen LogP contribution in [0, 0.1) is 18.8 Å². The quantitative estimate of drug-likeness (QED) is 0.888. The second kappa shape index (κ2) is 5.87.